The van der Waals surface area contributed by atoms with Crippen LogP contribution in [0.1, 0.15) is 0 Å². The number of nitrogens with zero attached hydrogens (tertiary/aromatic N) is 1. The van der Waals surface area contributed by atoms with Gasteiger partial charge in [0.05, 0.1) is 5.69 Å². The van der Waals surface area contributed by atoms with Crippen molar-refractivity contribution < 1.29 is 4.79 Å². The van der Waals surface area contributed by atoms with Gasteiger partial charge in [0.2, 0.25) is 5.91 Å². The first-order chi connectivity index (χ1) is 6.75. The van der Waals surface area contributed by atoms with E-state index in [0.29, 0.717) is 5.11 Å². The lowest BCUT2D eigenvalue weighted by Gasteiger charge is -2.17. The molecule has 0 spiro atoms. The molecule has 0 radical (unpaired) electrons. The lowest BCUT2D eigenvalue weighted by molar-refractivity contribution is -0.118. The summed E-state index contributed by atoms with van der Waals surface area (Å²) in [6.45, 7) is 0.258. The Morgan fingerprint density at radius 3 is 2.64 bits per heavy atom. The summed E-state index contributed by atoms with van der Waals surface area (Å²) in [5.41, 5.74) is 3.94. The molecule has 1 heterocycles. The Labute approximate surface area is 86.9 Å². The van der Waals surface area contributed by atoms with Gasteiger partial charge in [0.15, 0.2) is 5.11 Å². The van der Waals surface area contributed by atoms with Crippen molar-refractivity contribution in [3.05, 3.63) is 30.3 Å². The number of rotatable bonds is 2. The summed E-state index contributed by atoms with van der Waals surface area (Å²) in [4.78, 5) is 11.0. The molecule has 4 nitrogen and oxygen atoms in total. The molecular formula is C9H9N3OS. The first kappa shape index (κ1) is 8.96. The Balaban J connectivity index is 2.05. The van der Waals surface area contributed by atoms with E-state index in [0.717, 1.165) is 5.69 Å². The summed E-state index contributed by atoms with van der Waals surface area (Å²) in [6.07, 6.45) is 0. The molecule has 1 aromatic rings. The summed E-state index contributed by atoms with van der Waals surface area (Å²) in [5.74, 6) is -0.0848. The molecule has 5 heteroatoms. The third-order valence-corrected chi connectivity index (χ3v) is 2.15. The molecule has 1 aliphatic heterocycles. The molecule has 1 saturated heterocycles. The quantitative estimate of drug-likeness (QED) is 0.702. The number of nitrogens with one attached hydrogen (secondary N) is 2. The molecule has 2 rings (SSSR count). The summed E-state index contributed by atoms with van der Waals surface area (Å²) < 4.78 is 0. The van der Waals surface area contributed by atoms with E-state index in [1.165, 1.54) is 0 Å². The van der Waals surface area contributed by atoms with Crippen LogP contribution in [0, 0.1) is 0 Å². The van der Waals surface area contributed by atoms with Crippen LogP contribution in [0.5, 0.6) is 0 Å². The number of para-hydroxylation sites is 1. The fourth-order valence-corrected chi connectivity index (χ4v) is 1.42. The average Bonchev–Trinajstić information content (AvgIpc) is 2.47. The molecule has 2 N–H and O–H groups in total. The molecule has 0 unspecified atom stereocenters. The van der Waals surface area contributed by atoms with Crippen molar-refractivity contribution in [2.75, 3.05) is 12.0 Å². The number of thiocarbonyl (C=S) groups is 1. The van der Waals surface area contributed by atoms with Gasteiger partial charge in [-0.1, -0.05) is 18.2 Å². The van der Waals surface area contributed by atoms with Gasteiger partial charge in [-0.2, -0.15) is 0 Å². The highest BCUT2D eigenvalue weighted by Crippen LogP contribution is 2.08. The van der Waals surface area contributed by atoms with Gasteiger partial charge in [-0.05, 0) is 24.4 Å². The Morgan fingerprint density at radius 2 is 2.07 bits per heavy atom. The Kier molecular flexibility index (Phi) is 2.32. The highest BCUT2D eigenvalue weighted by Gasteiger charge is 2.22. The van der Waals surface area contributed by atoms with Crippen molar-refractivity contribution in [1.82, 2.24) is 10.3 Å². The summed E-state index contributed by atoms with van der Waals surface area (Å²) in [7, 11) is 0. The van der Waals surface area contributed by atoms with Gasteiger partial charge in [-0.25, -0.2) is 0 Å². The summed E-state index contributed by atoms with van der Waals surface area (Å²) in [5, 5.41) is 4.56. The van der Waals surface area contributed by atoms with E-state index in [2.05, 4.69) is 10.7 Å². The Bertz CT molecular complexity index is 366. The van der Waals surface area contributed by atoms with Crippen LogP contribution in [0.2, 0.25) is 0 Å². The molecule has 1 amide bonds. The second-order valence-electron chi connectivity index (χ2n) is 2.92. The smallest absolute Gasteiger partial charge is 0.247 e. The molecule has 1 aromatic carbocycles. The number of anilines is 1. The van der Waals surface area contributed by atoms with Crippen LogP contribution in [-0.4, -0.2) is 22.6 Å². The number of benzene rings is 1. The topological polar surface area (TPSA) is 44.4 Å². The molecule has 1 fully saturated rings. The van der Waals surface area contributed by atoms with Crippen molar-refractivity contribution in [3.8, 4) is 0 Å². The Morgan fingerprint density at radius 1 is 1.36 bits per heavy atom. The molecule has 0 aromatic heterocycles. The zero-order valence-electron chi connectivity index (χ0n) is 7.36. The van der Waals surface area contributed by atoms with Gasteiger partial charge < -0.3 is 0 Å². The second kappa shape index (κ2) is 3.63. The lowest BCUT2D eigenvalue weighted by atomic mass is 10.3. The minimum absolute atomic E-state index is 0.0848. The van der Waals surface area contributed by atoms with E-state index in [-0.39, 0.29) is 12.5 Å². The van der Waals surface area contributed by atoms with Crippen LogP contribution < -0.4 is 10.7 Å². The largest absolute Gasteiger partial charge is 0.300 e. The minimum atomic E-state index is -0.0848. The molecule has 0 aliphatic carbocycles. The van der Waals surface area contributed by atoms with Gasteiger partial charge in [0.25, 0.3) is 0 Å². The highest BCUT2D eigenvalue weighted by molar-refractivity contribution is 7.80. The van der Waals surface area contributed by atoms with Crippen molar-refractivity contribution in [2.24, 2.45) is 0 Å². The first-order valence-electron chi connectivity index (χ1n) is 4.19. The molecule has 1 aliphatic rings. The average molecular weight is 207 g/mol. The van der Waals surface area contributed by atoms with E-state index < -0.39 is 0 Å². The van der Waals surface area contributed by atoms with Crippen LogP contribution in [0.3, 0.4) is 0 Å². The van der Waals surface area contributed by atoms with E-state index in [1.807, 2.05) is 30.3 Å². The lowest BCUT2D eigenvalue weighted by Crippen LogP contribution is -2.33. The van der Waals surface area contributed by atoms with E-state index in [1.54, 1.807) is 5.01 Å². The van der Waals surface area contributed by atoms with Gasteiger partial charge >= 0.3 is 0 Å². The maximum absolute atomic E-state index is 11.0. The van der Waals surface area contributed by atoms with Crippen LogP contribution in [0.15, 0.2) is 30.3 Å². The van der Waals surface area contributed by atoms with Crippen molar-refractivity contribution in [1.29, 1.82) is 0 Å². The standard InChI is InChI=1S/C9H9N3OS/c13-8-6-12(9(14)10-8)11-7-4-2-1-3-5-7/h1-5,11H,6H2,(H,10,13,14). The first-order valence-corrected chi connectivity index (χ1v) is 4.59. The summed E-state index contributed by atoms with van der Waals surface area (Å²) >= 11 is 4.95. The van der Waals surface area contributed by atoms with E-state index in [4.69, 9.17) is 12.2 Å². The summed E-state index contributed by atoms with van der Waals surface area (Å²) in [6, 6.07) is 9.57. The number of hydrazine groups is 1. The third-order valence-electron chi connectivity index (χ3n) is 1.83. The number of carbonyl (C=O) groups excluding carboxylic acids is 1. The van der Waals surface area contributed by atoms with Gasteiger partial charge in [0.1, 0.15) is 6.54 Å². The maximum atomic E-state index is 11.0. The molecule has 0 atom stereocenters. The van der Waals surface area contributed by atoms with Crippen molar-refractivity contribution in [2.45, 2.75) is 0 Å². The number of hydrogen-bond acceptors (Lipinski definition) is 3. The van der Waals surface area contributed by atoms with E-state index >= 15 is 0 Å². The predicted octanol–water partition coefficient (Wildman–Crippen LogP) is 0.730. The maximum Gasteiger partial charge on any atom is 0.247 e. The number of amides is 1. The van der Waals surface area contributed by atoms with Gasteiger partial charge in [0, 0.05) is 0 Å². The third kappa shape index (κ3) is 1.82. The molecule has 0 saturated carbocycles. The normalized spacial score (nSPS) is 15.6. The molecule has 0 bridgehead atoms. The van der Waals surface area contributed by atoms with Crippen LogP contribution in [0.4, 0.5) is 5.69 Å². The monoisotopic (exact) mass is 207 g/mol. The highest BCUT2D eigenvalue weighted by atomic mass is 32.1. The predicted molar refractivity (Wildman–Crippen MR) is 57.5 cm³/mol. The van der Waals surface area contributed by atoms with Crippen molar-refractivity contribution >= 4 is 28.9 Å². The fourth-order valence-electron chi connectivity index (χ4n) is 1.20. The second-order valence-corrected chi connectivity index (χ2v) is 3.30. The number of carbonyl (C=O) groups is 1. The van der Waals surface area contributed by atoms with Crippen LogP contribution in [-0.2, 0) is 4.79 Å². The molecule has 14 heavy (non-hydrogen) atoms. The SMILES string of the molecule is O=C1CN(Nc2ccccc2)C(=S)N1. The van der Waals surface area contributed by atoms with Gasteiger partial charge in [-0.15, -0.1) is 0 Å². The fraction of sp³-hybridized carbons (Fsp3) is 0.111. The van der Waals surface area contributed by atoms with Crippen molar-refractivity contribution in [3.63, 3.8) is 0 Å². The zero-order valence-corrected chi connectivity index (χ0v) is 8.17. The van der Waals surface area contributed by atoms with E-state index in [9.17, 15) is 4.79 Å². The molecular weight excluding hydrogens is 198 g/mol. The number of hydrogen-bond donors (Lipinski definition) is 2. The molecule has 72 valence electrons. The zero-order chi connectivity index (χ0) is 9.97. The van der Waals surface area contributed by atoms with Crippen LogP contribution >= 0.6 is 12.2 Å². The van der Waals surface area contributed by atoms with Crippen LogP contribution in [0.25, 0.3) is 0 Å². The minimum Gasteiger partial charge on any atom is -0.300 e. The van der Waals surface area contributed by atoms with Gasteiger partial charge in [-0.3, -0.25) is 20.5 Å². The Hall–Kier alpha value is -1.62.